The van der Waals surface area contributed by atoms with E-state index in [0.717, 1.165) is 11.6 Å². The molecule has 0 aliphatic rings. The van der Waals surface area contributed by atoms with Crippen LogP contribution < -0.4 is 11.3 Å². The van der Waals surface area contributed by atoms with Crippen LogP contribution in [0.2, 0.25) is 0 Å². The van der Waals surface area contributed by atoms with Gasteiger partial charge in [-0.3, -0.25) is 19.4 Å². The number of benzene rings is 2. The average Bonchev–Trinajstić information content (AvgIpc) is 2.75. The summed E-state index contributed by atoms with van der Waals surface area (Å²) in [6.45, 7) is 0.348. The number of hydrogen-bond acceptors (Lipinski definition) is 2. The van der Waals surface area contributed by atoms with E-state index in [2.05, 4.69) is 11.2 Å². The molecule has 105 valence electrons. The normalized spacial score (nSPS) is 10.9. The molecule has 3 rings (SSSR count). The zero-order chi connectivity index (χ0) is 15.0. The molecule has 6 heteroatoms. The van der Waals surface area contributed by atoms with E-state index >= 15 is 0 Å². The standard InChI is InChI=1S/C15H11FN3O2/c16-10-6-11(14(17)20)13-12(7-10)19(18-15(13)21)8-9-4-2-1-3-5-9/h1-5,7H,8H2,(H2,17,20)(H,18,21). The van der Waals surface area contributed by atoms with Gasteiger partial charge in [-0.2, -0.15) is 0 Å². The van der Waals surface area contributed by atoms with Gasteiger partial charge in [-0.05, 0) is 5.56 Å². The van der Waals surface area contributed by atoms with E-state index < -0.39 is 17.3 Å². The zero-order valence-corrected chi connectivity index (χ0v) is 10.9. The van der Waals surface area contributed by atoms with E-state index in [4.69, 9.17) is 5.73 Å². The minimum Gasteiger partial charge on any atom is -0.366 e. The van der Waals surface area contributed by atoms with E-state index in [1.54, 1.807) is 0 Å². The van der Waals surface area contributed by atoms with Gasteiger partial charge >= 0.3 is 0 Å². The molecule has 1 radical (unpaired) electrons. The van der Waals surface area contributed by atoms with E-state index in [0.29, 0.717) is 6.54 Å². The SMILES string of the molecule is NC(=O)c1[c]c(F)cc2c1c(=O)[nH]n2Cc1ccccc1. The Morgan fingerprint density at radius 2 is 2.05 bits per heavy atom. The Bertz CT molecular complexity index is 881. The first-order chi connectivity index (χ1) is 10.1. The average molecular weight is 284 g/mol. The van der Waals surface area contributed by atoms with Crippen molar-refractivity contribution in [2.75, 3.05) is 0 Å². The predicted octanol–water partition coefficient (Wildman–Crippen LogP) is 1.42. The van der Waals surface area contributed by atoms with Crippen LogP contribution in [-0.2, 0) is 6.54 Å². The van der Waals surface area contributed by atoms with Crippen molar-refractivity contribution in [3.8, 4) is 0 Å². The summed E-state index contributed by atoms with van der Waals surface area (Å²) in [5.41, 5.74) is 5.66. The summed E-state index contributed by atoms with van der Waals surface area (Å²) < 4.78 is 15.1. The fourth-order valence-electron chi connectivity index (χ4n) is 2.30. The smallest absolute Gasteiger partial charge is 0.272 e. The van der Waals surface area contributed by atoms with E-state index in [1.807, 2.05) is 30.3 Å². The maximum Gasteiger partial charge on any atom is 0.272 e. The summed E-state index contributed by atoms with van der Waals surface area (Å²) in [7, 11) is 0. The lowest BCUT2D eigenvalue weighted by Crippen LogP contribution is -2.14. The fraction of sp³-hybridized carbons (Fsp3) is 0.0667. The van der Waals surface area contributed by atoms with Gasteiger partial charge in [-0.15, -0.1) is 0 Å². The molecule has 0 saturated heterocycles. The second-order valence-corrected chi connectivity index (χ2v) is 4.63. The van der Waals surface area contributed by atoms with Crippen LogP contribution in [0.15, 0.2) is 41.2 Å². The molecule has 5 nitrogen and oxygen atoms in total. The van der Waals surface area contributed by atoms with Crippen LogP contribution in [0.3, 0.4) is 0 Å². The third kappa shape index (κ3) is 2.31. The largest absolute Gasteiger partial charge is 0.366 e. The van der Waals surface area contributed by atoms with Crippen LogP contribution in [0.4, 0.5) is 4.39 Å². The lowest BCUT2D eigenvalue weighted by Gasteiger charge is -2.05. The van der Waals surface area contributed by atoms with Crippen molar-refractivity contribution in [3.63, 3.8) is 0 Å². The number of halogens is 1. The van der Waals surface area contributed by atoms with Crippen LogP contribution in [0.5, 0.6) is 0 Å². The number of fused-ring (bicyclic) bond motifs is 1. The lowest BCUT2D eigenvalue weighted by atomic mass is 10.1. The van der Waals surface area contributed by atoms with Crippen LogP contribution in [-0.4, -0.2) is 15.7 Å². The Hall–Kier alpha value is -2.89. The molecule has 21 heavy (non-hydrogen) atoms. The minimum absolute atomic E-state index is 0.0554. The van der Waals surface area contributed by atoms with Crippen molar-refractivity contribution < 1.29 is 9.18 Å². The van der Waals surface area contributed by atoms with Crippen LogP contribution >= 0.6 is 0 Å². The number of nitrogens with two attached hydrogens (primary N) is 1. The highest BCUT2D eigenvalue weighted by Crippen LogP contribution is 2.17. The van der Waals surface area contributed by atoms with Crippen molar-refractivity contribution in [3.05, 3.63) is 69.8 Å². The Kier molecular flexibility index (Phi) is 3.06. The summed E-state index contributed by atoms with van der Waals surface area (Å²) in [6.07, 6.45) is 0. The second-order valence-electron chi connectivity index (χ2n) is 4.63. The number of rotatable bonds is 3. The maximum atomic E-state index is 13.6. The second kappa shape index (κ2) is 4.90. The molecule has 1 aromatic heterocycles. The molecule has 0 fully saturated rings. The van der Waals surface area contributed by atoms with Gasteiger partial charge in [0.1, 0.15) is 5.82 Å². The molecule has 2 aromatic carbocycles. The fourth-order valence-corrected chi connectivity index (χ4v) is 2.30. The first-order valence-corrected chi connectivity index (χ1v) is 6.24. The van der Waals surface area contributed by atoms with Crippen LogP contribution in [0.1, 0.15) is 15.9 Å². The van der Waals surface area contributed by atoms with Crippen molar-refractivity contribution >= 4 is 16.8 Å². The third-order valence-electron chi connectivity index (χ3n) is 3.20. The molecule has 0 aliphatic heterocycles. The molecule has 1 heterocycles. The molecule has 0 saturated carbocycles. The molecule has 0 unspecified atom stereocenters. The van der Waals surface area contributed by atoms with Gasteiger partial charge in [-0.25, -0.2) is 4.39 Å². The number of aromatic nitrogens is 2. The zero-order valence-electron chi connectivity index (χ0n) is 10.9. The number of nitrogens with zero attached hydrogens (tertiary/aromatic N) is 1. The Morgan fingerprint density at radius 1 is 1.33 bits per heavy atom. The Morgan fingerprint density at radius 3 is 2.71 bits per heavy atom. The number of aromatic amines is 1. The minimum atomic E-state index is -0.887. The van der Waals surface area contributed by atoms with E-state index in [1.165, 1.54) is 4.68 Å². The van der Waals surface area contributed by atoms with Gasteiger partial charge in [0.25, 0.3) is 5.56 Å². The van der Waals surface area contributed by atoms with Crippen molar-refractivity contribution in [2.24, 2.45) is 5.73 Å². The molecule has 3 aromatic rings. The molecule has 0 bridgehead atoms. The van der Waals surface area contributed by atoms with Gasteiger partial charge in [0, 0.05) is 12.1 Å². The molecule has 1 amide bonds. The Balaban J connectivity index is 2.22. The third-order valence-corrected chi connectivity index (χ3v) is 3.20. The number of carbonyl (C=O) groups is 1. The molecular weight excluding hydrogens is 273 g/mol. The predicted molar refractivity (Wildman–Crippen MR) is 75.4 cm³/mol. The number of amides is 1. The summed E-state index contributed by atoms with van der Waals surface area (Å²) in [5, 5.41) is 2.65. The van der Waals surface area contributed by atoms with Crippen molar-refractivity contribution in [1.82, 2.24) is 9.78 Å². The number of H-pyrrole nitrogens is 1. The highest BCUT2D eigenvalue weighted by atomic mass is 19.1. The lowest BCUT2D eigenvalue weighted by molar-refractivity contribution is 0.100. The summed E-state index contributed by atoms with van der Waals surface area (Å²) in [5.74, 6) is -1.63. The topological polar surface area (TPSA) is 80.9 Å². The first kappa shape index (κ1) is 13.1. The molecule has 0 aliphatic carbocycles. The van der Waals surface area contributed by atoms with Gasteiger partial charge in [0.05, 0.1) is 23.0 Å². The summed E-state index contributed by atoms with van der Waals surface area (Å²) in [6, 6.07) is 12.7. The summed E-state index contributed by atoms with van der Waals surface area (Å²) in [4.78, 5) is 23.3. The van der Waals surface area contributed by atoms with Crippen LogP contribution in [0.25, 0.3) is 10.9 Å². The first-order valence-electron chi connectivity index (χ1n) is 6.24. The maximum absolute atomic E-state index is 13.6. The number of nitrogens with one attached hydrogen (secondary N) is 1. The highest BCUT2D eigenvalue weighted by molar-refractivity contribution is 6.05. The van der Waals surface area contributed by atoms with Gasteiger partial charge in [0.15, 0.2) is 0 Å². The summed E-state index contributed by atoms with van der Waals surface area (Å²) >= 11 is 0. The Labute approximate surface area is 118 Å². The number of hydrogen-bond donors (Lipinski definition) is 2. The van der Waals surface area contributed by atoms with Gasteiger partial charge < -0.3 is 5.73 Å². The van der Waals surface area contributed by atoms with E-state index in [9.17, 15) is 14.0 Å². The molecule has 0 atom stereocenters. The van der Waals surface area contributed by atoms with E-state index in [-0.39, 0.29) is 16.5 Å². The van der Waals surface area contributed by atoms with Crippen molar-refractivity contribution in [2.45, 2.75) is 6.54 Å². The highest BCUT2D eigenvalue weighted by Gasteiger charge is 2.17. The molecule has 0 spiro atoms. The van der Waals surface area contributed by atoms with Crippen molar-refractivity contribution in [1.29, 1.82) is 0 Å². The molecular formula is C15H11FN3O2. The van der Waals surface area contributed by atoms with Gasteiger partial charge in [0.2, 0.25) is 5.91 Å². The number of carbonyl (C=O) groups excluding carboxylic acids is 1. The monoisotopic (exact) mass is 284 g/mol. The molecule has 3 N–H and O–H groups in total. The van der Waals surface area contributed by atoms with Crippen LogP contribution in [0, 0.1) is 11.9 Å². The quantitative estimate of drug-likeness (QED) is 0.762. The van der Waals surface area contributed by atoms with Gasteiger partial charge in [-0.1, -0.05) is 30.3 Å². The number of primary amides is 1.